The fourth-order valence-electron chi connectivity index (χ4n) is 2.79. The second-order valence-corrected chi connectivity index (χ2v) is 7.72. The van der Waals surface area contributed by atoms with Crippen LogP contribution in [0.5, 0.6) is 0 Å². The van der Waals surface area contributed by atoms with E-state index in [0.29, 0.717) is 18.4 Å². The van der Waals surface area contributed by atoms with Gasteiger partial charge in [-0.1, -0.05) is 49.6 Å². The van der Waals surface area contributed by atoms with Crippen LogP contribution < -0.4 is 0 Å². The molecule has 0 amide bonds. The molecule has 5 heteroatoms. The molecule has 110 valence electrons. The molecule has 0 bridgehead atoms. The first kappa shape index (κ1) is 15.0. The maximum Gasteiger partial charge on any atom is 0.312 e. The maximum absolute atomic E-state index is 12.4. The number of carbonyl (C=O) groups is 1. The van der Waals surface area contributed by atoms with Crippen LogP contribution in [0.15, 0.2) is 30.3 Å². The molecule has 0 aliphatic heterocycles. The molecule has 0 spiro atoms. The van der Waals surface area contributed by atoms with Crippen LogP contribution in [-0.2, 0) is 14.6 Å². The smallest absolute Gasteiger partial charge is 0.312 e. The van der Waals surface area contributed by atoms with E-state index in [1.165, 1.54) is 0 Å². The number of carboxylic acid groups (broad SMARTS) is 1. The van der Waals surface area contributed by atoms with Crippen LogP contribution in [0, 0.1) is 0 Å². The van der Waals surface area contributed by atoms with E-state index in [1.54, 1.807) is 30.3 Å². The van der Waals surface area contributed by atoms with Crippen molar-refractivity contribution in [3.63, 3.8) is 0 Å². The Morgan fingerprint density at radius 1 is 1.15 bits per heavy atom. The van der Waals surface area contributed by atoms with E-state index < -0.39 is 21.7 Å². The summed E-state index contributed by atoms with van der Waals surface area (Å²) >= 11 is 0. The Bertz CT molecular complexity index is 544. The van der Waals surface area contributed by atoms with Gasteiger partial charge in [0.05, 0.1) is 16.9 Å². The molecule has 0 heterocycles. The largest absolute Gasteiger partial charge is 0.481 e. The third kappa shape index (κ3) is 3.60. The highest BCUT2D eigenvalue weighted by Crippen LogP contribution is 2.27. The van der Waals surface area contributed by atoms with E-state index in [1.807, 2.05) is 0 Å². The van der Waals surface area contributed by atoms with Crippen LogP contribution in [0.4, 0.5) is 0 Å². The van der Waals surface area contributed by atoms with Crippen molar-refractivity contribution in [1.29, 1.82) is 0 Å². The van der Waals surface area contributed by atoms with Gasteiger partial charge in [0.15, 0.2) is 9.84 Å². The third-order valence-electron chi connectivity index (χ3n) is 3.96. The summed E-state index contributed by atoms with van der Waals surface area (Å²) in [6.45, 7) is 0. The lowest BCUT2D eigenvalue weighted by molar-refractivity contribution is -0.138. The minimum atomic E-state index is -3.36. The zero-order chi connectivity index (χ0) is 14.6. The second kappa shape index (κ2) is 6.39. The molecule has 1 N–H and O–H groups in total. The predicted octanol–water partition coefficient (Wildman–Crippen LogP) is 2.60. The van der Waals surface area contributed by atoms with E-state index in [0.717, 1.165) is 19.3 Å². The topological polar surface area (TPSA) is 71.4 Å². The number of hydrogen-bond donors (Lipinski definition) is 1. The van der Waals surface area contributed by atoms with Crippen molar-refractivity contribution in [2.24, 2.45) is 0 Å². The van der Waals surface area contributed by atoms with Gasteiger partial charge in [0.1, 0.15) is 0 Å². The molecule has 1 aliphatic carbocycles. The molecule has 0 radical (unpaired) electrons. The van der Waals surface area contributed by atoms with E-state index in [-0.39, 0.29) is 11.0 Å². The summed E-state index contributed by atoms with van der Waals surface area (Å²) < 4.78 is 24.8. The summed E-state index contributed by atoms with van der Waals surface area (Å²) in [5.41, 5.74) is 0.555. The Morgan fingerprint density at radius 3 is 2.30 bits per heavy atom. The van der Waals surface area contributed by atoms with Crippen molar-refractivity contribution in [3.8, 4) is 0 Å². The lowest BCUT2D eigenvalue weighted by Crippen LogP contribution is -2.31. The van der Waals surface area contributed by atoms with Crippen molar-refractivity contribution in [2.75, 3.05) is 5.75 Å². The molecule has 2 rings (SSSR count). The number of benzene rings is 1. The van der Waals surface area contributed by atoms with Gasteiger partial charge in [-0.25, -0.2) is 8.42 Å². The average molecular weight is 296 g/mol. The highest BCUT2D eigenvalue weighted by atomic mass is 32.2. The average Bonchev–Trinajstić information content (AvgIpc) is 2.46. The standard InChI is InChI=1S/C15H20O4S/c16-15(17)14(12-7-3-1-4-8-12)11-20(18,19)13-9-5-2-6-10-13/h1,3-4,7-8,13-14H,2,5-6,9-11H2,(H,16,17). The zero-order valence-electron chi connectivity index (χ0n) is 11.4. The van der Waals surface area contributed by atoms with Crippen molar-refractivity contribution >= 4 is 15.8 Å². The number of rotatable bonds is 5. The molecular weight excluding hydrogens is 276 g/mol. The summed E-state index contributed by atoms with van der Waals surface area (Å²) in [4.78, 5) is 11.4. The molecule has 20 heavy (non-hydrogen) atoms. The normalized spacial score (nSPS) is 18.6. The van der Waals surface area contributed by atoms with Gasteiger partial charge in [0.25, 0.3) is 0 Å². The Balaban J connectivity index is 2.18. The summed E-state index contributed by atoms with van der Waals surface area (Å²) in [5, 5.41) is 8.96. The molecule has 1 aliphatic rings. The lowest BCUT2D eigenvalue weighted by atomic mass is 10.0. The maximum atomic E-state index is 12.4. The van der Waals surface area contributed by atoms with E-state index in [9.17, 15) is 18.3 Å². The molecule has 0 aromatic heterocycles. The van der Waals surface area contributed by atoms with Gasteiger partial charge < -0.3 is 5.11 Å². The van der Waals surface area contributed by atoms with E-state index >= 15 is 0 Å². The van der Waals surface area contributed by atoms with E-state index in [2.05, 4.69) is 0 Å². The van der Waals surface area contributed by atoms with Crippen LogP contribution in [0.25, 0.3) is 0 Å². The number of carboxylic acids is 1. The zero-order valence-corrected chi connectivity index (χ0v) is 12.2. The number of aliphatic carboxylic acids is 1. The lowest BCUT2D eigenvalue weighted by Gasteiger charge is -2.23. The Morgan fingerprint density at radius 2 is 1.75 bits per heavy atom. The van der Waals surface area contributed by atoms with Crippen molar-refractivity contribution in [2.45, 2.75) is 43.3 Å². The van der Waals surface area contributed by atoms with Gasteiger partial charge in [-0.2, -0.15) is 0 Å². The molecule has 4 nitrogen and oxygen atoms in total. The van der Waals surface area contributed by atoms with Gasteiger partial charge in [-0.05, 0) is 18.4 Å². The summed E-state index contributed by atoms with van der Waals surface area (Å²) in [6, 6.07) is 8.61. The quantitative estimate of drug-likeness (QED) is 0.906. The number of sulfone groups is 1. The predicted molar refractivity (Wildman–Crippen MR) is 77.5 cm³/mol. The second-order valence-electron chi connectivity index (χ2n) is 5.39. The Labute approximate surface area is 119 Å². The molecule has 1 unspecified atom stereocenters. The minimum Gasteiger partial charge on any atom is -0.481 e. The summed E-state index contributed by atoms with van der Waals surface area (Å²) in [6.07, 6.45) is 4.26. The minimum absolute atomic E-state index is 0.295. The first-order chi connectivity index (χ1) is 9.50. The summed E-state index contributed by atoms with van der Waals surface area (Å²) in [7, 11) is -3.36. The van der Waals surface area contributed by atoms with Crippen molar-refractivity contribution in [1.82, 2.24) is 0 Å². The van der Waals surface area contributed by atoms with Gasteiger partial charge in [-0.15, -0.1) is 0 Å². The van der Waals surface area contributed by atoms with Crippen LogP contribution in [0.1, 0.15) is 43.6 Å². The fourth-order valence-corrected chi connectivity index (χ4v) is 4.91. The molecule has 1 aromatic rings. The van der Waals surface area contributed by atoms with Crippen molar-refractivity contribution < 1.29 is 18.3 Å². The Hall–Kier alpha value is -1.36. The molecule has 0 saturated heterocycles. The molecule has 1 atom stereocenters. The van der Waals surface area contributed by atoms with Crippen LogP contribution in [0.2, 0.25) is 0 Å². The first-order valence-corrected chi connectivity index (χ1v) is 8.71. The SMILES string of the molecule is O=C(O)C(CS(=O)(=O)C1CCCCC1)c1ccccc1. The molecule has 1 saturated carbocycles. The van der Waals surface area contributed by atoms with Crippen LogP contribution in [-0.4, -0.2) is 30.5 Å². The molecular formula is C15H20O4S. The van der Waals surface area contributed by atoms with Gasteiger partial charge >= 0.3 is 5.97 Å². The van der Waals surface area contributed by atoms with Gasteiger partial charge in [0, 0.05) is 0 Å². The highest BCUT2D eigenvalue weighted by Gasteiger charge is 2.33. The Kier molecular flexibility index (Phi) is 4.81. The first-order valence-electron chi connectivity index (χ1n) is 7.00. The highest BCUT2D eigenvalue weighted by molar-refractivity contribution is 7.92. The van der Waals surface area contributed by atoms with Crippen molar-refractivity contribution in [3.05, 3.63) is 35.9 Å². The van der Waals surface area contributed by atoms with Crippen LogP contribution >= 0.6 is 0 Å². The van der Waals surface area contributed by atoms with Crippen LogP contribution in [0.3, 0.4) is 0 Å². The monoisotopic (exact) mass is 296 g/mol. The van der Waals surface area contributed by atoms with Gasteiger partial charge in [-0.3, -0.25) is 4.79 Å². The summed E-state index contributed by atoms with van der Waals surface area (Å²) in [5.74, 6) is -2.34. The fraction of sp³-hybridized carbons (Fsp3) is 0.533. The number of hydrogen-bond acceptors (Lipinski definition) is 3. The van der Waals surface area contributed by atoms with E-state index in [4.69, 9.17) is 0 Å². The van der Waals surface area contributed by atoms with Gasteiger partial charge in [0.2, 0.25) is 0 Å². The molecule has 1 aromatic carbocycles. The third-order valence-corrected chi connectivity index (χ3v) is 6.24. The molecule has 1 fully saturated rings.